The Morgan fingerprint density at radius 1 is 1.26 bits per heavy atom. The van der Waals surface area contributed by atoms with E-state index in [1.54, 1.807) is 11.0 Å². The van der Waals surface area contributed by atoms with E-state index in [1.165, 1.54) is 19.5 Å². The summed E-state index contributed by atoms with van der Waals surface area (Å²) in [7, 11) is 0. The number of likely N-dealkylation sites (tertiary alicyclic amines) is 1. The second kappa shape index (κ2) is 6.71. The van der Waals surface area contributed by atoms with Gasteiger partial charge in [0.05, 0.1) is 18.7 Å². The Morgan fingerprint density at radius 3 is 2.63 bits per heavy atom. The monoisotopic (exact) mass is 262 g/mol. The van der Waals surface area contributed by atoms with Gasteiger partial charge in [0.1, 0.15) is 18.9 Å². The zero-order valence-electron chi connectivity index (χ0n) is 11.9. The number of aldehydes is 1. The van der Waals surface area contributed by atoms with Crippen LogP contribution in [0.3, 0.4) is 0 Å². The molecule has 1 unspecified atom stereocenters. The first kappa shape index (κ1) is 14.1. The van der Waals surface area contributed by atoms with Crippen LogP contribution in [0.4, 0.5) is 0 Å². The Bertz CT molecular complexity index is 409. The maximum Gasteiger partial charge on any atom is 0.153 e. The first-order valence-electron chi connectivity index (χ1n) is 7.19. The molecule has 1 aromatic rings. The Balaban J connectivity index is 1.81. The van der Waals surface area contributed by atoms with Gasteiger partial charge in [0.15, 0.2) is 6.29 Å². The summed E-state index contributed by atoms with van der Waals surface area (Å²) >= 11 is 0. The van der Waals surface area contributed by atoms with Crippen LogP contribution in [0.2, 0.25) is 0 Å². The topological polar surface area (TPSA) is 30.7 Å². The highest BCUT2D eigenvalue weighted by Crippen LogP contribution is 2.15. The molecule has 0 amide bonds. The number of carbonyl (C=O) groups excluding carboxylic acids is 1. The molecule has 2 rings (SSSR count). The minimum atomic E-state index is 0.637. The number of hydrogen-bond donors (Lipinski definition) is 1. The lowest BCUT2D eigenvalue weighted by Crippen LogP contribution is -3.14. The zero-order valence-corrected chi connectivity index (χ0v) is 11.9. The van der Waals surface area contributed by atoms with E-state index >= 15 is 0 Å². The number of para-hydroxylation sites is 1. The van der Waals surface area contributed by atoms with Crippen LogP contribution < -0.4 is 9.64 Å². The van der Waals surface area contributed by atoms with Crippen molar-refractivity contribution in [2.24, 2.45) is 11.8 Å². The molecule has 0 aromatic heterocycles. The molecule has 0 radical (unpaired) electrons. The quantitative estimate of drug-likeness (QED) is 0.814. The molecule has 1 saturated heterocycles. The molecule has 1 aliphatic rings. The van der Waals surface area contributed by atoms with E-state index in [4.69, 9.17) is 4.74 Å². The molecular weight excluding hydrogens is 238 g/mol. The SMILES string of the molecule is C[C@@H]1C[C@H](C)C[NH+](CCOc2ccccc2C=O)C1. The fraction of sp³-hybridized carbons (Fsp3) is 0.562. The second-order valence-electron chi connectivity index (χ2n) is 5.86. The maximum absolute atomic E-state index is 10.9. The van der Waals surface area contributed by atoms with Crippen molar-refractivity contribution in [2.45, 2.75) is 20.3 Å². The molecule has 1 aromatic carbocycles. The highest BCUT2D eigenvalue weighted by atomic mass is 16.5. The summed E-state index contributed by atoms with van der Waals surface area (Å²) in [5.74, 6) is 2.32. The predicted molar refractivity (Wildman–Crippen MR) is 75.8 cm³/mol. The fourth-order valence-corrected chi connectivity index (χ4v) is 3.14. The normalized spacial score (nSPS) is 26.9. The van der Waals surface area contributed by atoms with Crippen LogP contribution in [0, 0.1) is 11.8 Å². The van der Waals surface area contributed by atoms with Gasteiger partial charge >= 0.3 is 0 Å². The summed E-state index contributed by atoms with van der Waals surface area (Å²) in [4.78, 5) is 12.5. The molecule has 0 spiro atoms. The van der Waals surface area contributed by atoms with Crippen molar-refractivity contribution in [3.63, 3.8) is 0 Å². The summed E-state index contributed by atoms with van der Waals surface area (Å²) in [6.45, 7) is 8.84. The number of piperidine rings is 1. The van der Waals surface area contributed by atoms with Gasteiger partial charge < -0.3 is 9.64 Å². The van der Waals surface area contributed by atoms with Gasteiger partial charge in [-0.3, -0.25) is 4.79 Å². The number of ether oxygens (including phenoxy) is 1. The summed E-state index contributed by atoms with van der Waals surface area (Å²) < 4.78 is 5.75. The van der Waals surface area contributed by atoms with Crippen molar-refractivity contribution >= 4 is 6.29 Å². The van der Waals surface area contributed by atoms with Crippen molar-refractivity contribution in [1.82, 2.24) is 0 Å². The van der Waals surface area contributed by atoms with Gasteiger partial charge in [-0.15, -0.1) is 0 Å². The Morgan fingerprint density at radius 2 is 1.95 bits per heavy atom. The maximum atomic E-state index is 10.9. The molecule has 1 fully saturated rings. The molecule has 3 nitrogen and oxygen atoms in total. The van der Waals surface area contributed by atoms with Crippen molar-refractivity contribution in [2.75, 3.05) is 26.2 Å². The highest BCUT2D eigenvalue weighted by Gasteiger charge is 2.24. The molecule has 1 N–H and O–H groups in total. The second-order valence-corrected chi connectivity index (χ2v) is 5.86. The fourth-order valence-electron chi connectivity index (χ4n) is 3.14. The Kier molecular flexibility index (Phi) is 4.97. The molecule has 3 atom stereocenters. The number of carbonyl (C=O) groups is 1. The van der Waals surface area contributed by atoms with Gasteiger partial charge in [-0.2, -0.15) is 0 Å². The first-order valence-corrected chi connectivity index (χ1v) is 7.19. The van der Waals surface area contributed by atoms with Crippen LogP contribution >= 0.6 is 0 Å². The van der Waals surface area contributed by atoms with E-state index in [1.807, 2.05) is 18.2 Å². The minimum absolute atomic E-state index is 0.637. The third kappa shape index (κ3) is 4.06. The first-order chi connectivity index (χ1) is 9.19. The van der Waals surface area contributed by atoms with Crippen LogP contribution in [0.5, 0.6) is 5.75 Å². The summed E-state index contributed by atoms with van der Waals surface area (Å²) in [5.41, 5.74) is 0.637. The summed E-state index contributed by atoms with van der Waals surface area (Å²) in [6.07, 6.45) is 2.20. The van der Waals surface area contributed by atoms with Crippen molar-refractivity contribution in [3.05, 3.63) is 29.8 Å². The lowest BCUT2D eigenvalue weighted by molar-refractivity contribution is -0.912. The lowest BCUT2D eigenvalue weighted by atomic mass is 9.92. The number of nitrogens with one attached hydrogen (secondary N) is 1. The largest absolute Gasteiger partial charge is 0.487 e. The predicted octanol–water partition coefficient (Wildman–Crippen LogP) is 1.44. The van der Waals surface area contributed by atoms with E-state index in [-0.39, 0.29) is 0 Å². The zero-order chi connectivity index (χ0) is 13.7. The molecular formula is C16H24NO2+. The van der Waals surface area contributed by atoms with E-state index < -0.39 is 0 Å². The average molecular weight is 262 g/mol. The van der Waals surface area contributed by atoms with Gasteiger partial charge in [-0.1, -0.05) is 26.0 Å². The smallest absolute Gasteiger partial charge is 0.153 e. The van der Waals surface area contributed by atoms with Crippen LogP contribution in [-0.4, -0.2) is 32.5 Å². The van der Waals surface area contributed by atoms with Gasteiger partial charge in [0.25, 0.3) is 0 Å². The van der Waals surface area contributed by atoms with Crippen LogP contribution in [-0.2, 0) is 0 Å². The number of rotatable bonds is 5. The van der Waals surface area contributed by atoms with E-state index in [0.29, 0.717) is 17.9 Å². The van der Waals surface area contributed by atoms with Gasteiger partial charge in [0.2, 0.25) is 0 Å². The third-order valence-corrected chi connectivity index (χ3v) is 3.84. The van der Waals surface area contributed by atoms with Gasteiger partial charge in [-0.05, 0) is 18.6 Å². The number of benzene rings is 1. The molecule has 0 saturated carbocycles. The molecule has 1 aliphatic heterocycles. The lowest BCUT2D eigenvalue weighted by Gasteiger charge is -2.31. The van der Waals surface area contributed by atoms with Crippen LogP contribution in [0.15, 0.2) is 24.3 Å². The average Bonchev–Trinajstić information content (AvgIpc) is 2.38. The van der Waals surface area contributed by atoms with E-state index in [2.05, 4.69) is 13.8 Å². The standard InChI is InChI=1S/C16H23NO2/c1-13-9-14(2)11-17(10-13)7-8-19-16-6-4-3-5-15(16)12-18/h3-6,12-14H,7-11H2,1-2H3/p+1/t13-,14+. The number of hydrogen-bond acceptors (Lipinski definition) is 2. The van der Waals surface area contributed by atoms with Gasteiger partial charge in [-0.25, -0.2) is 0 Å². The van der Waals surface area contributed by atoms with Crippen LogP contribution in [0.25, 0.3) is 0 Å². The van der Waals surface area contributed by atoms with Crippen molar-refractivity contribution < 1.29 is 14.4 Å². The van der Waals surface area contributed by atoms with Crippen molar-refractivity contribution in [1.29, 1.82) is 0 Å². The van der Waals surface area contributed by atoms with E-state index in [0.717, 1.165) is 24.7 Å². The summed E-state index contributed by atoms with van der Waals surface area (Å²) in [5, 5.41) is 0. The Labute approximate surface area is 115 Å². The number of quaternary nitrogens is 1. The molecule has 3 heteroatoms. The Hall–Kier alpha value is -1.35. The molecule has 0 aliphatic carbocycles. The molecule has 0 bridgehead atoms. The minimum Gasteiger partial charge on any atom is -0.487 e. The summed E-state index contributed by atoms with van der Waals surface area (Å²) in [6, 6.07) is 7.41. The molecule has 19 heavy (non-hydrogen) atoms. The molecule has 1 heterocycles. The van der Waals surface area contributed by atoms with Gasteiger partial charge in [0, 0.05) is 11.8 Å². The third-order valence-electron chi connectivity index (χ3n) is 3.84. The van der Waals surface area contributed by atoms with Crippen LogP contribution in [0.1, 0.15) is 30.6 Å². The van der Waals surface area contributed by atoms with Crippen molar-refractivity contribution in [3.8, 4) is 5.75 Å². The molecule has 104 valence electrons. The van der Waals surface area contributed by atoms with E-state index in [9.17, 15) is 4.79 Å². The highest BCUT2D eigenvalue weighted by molar-refractivity contribution is 5.79.